The zero-order valence-electron chi connectivity index (χ0n) is 29.8. The molecule has 6 heterocycles. The Morgan fingerprint density at radius 2 is 1.87 bits per heavy atom. The highest BCUT2D eigenvalue weighted by Crippen LogP contribution is 2.46. The average Bonchev–Trinajstić information content (AvgIpc) is 3.82. The minimum absolute atomic E-state index is 0.0262. The number of benzene rings is 2. The van der Waals surface area contributed by atoms with Gasteiger partial charge in [0.05, 0.1) is 28.7 Å². The maximum absolute atomic E-state index is 17.2. The van der Waals surface area contributed by atoms with Crippen molar-refractivity contribution >= 4 is 33.7 Å². The number of aromatic amines is 1. The van der Waals surface area contributed by atoms with Gasteiger partial charge in [-0.15, -0.1) is 0 Å². The summed E-state index contributed by atoms with van der Waals surface area (Å²) in [5.41, 5.74) is -3.70. The van der Waals surface area contributed by atoms with Crippen LogP contribution in [0, 0.1) is 29.9 Å². The molecule has 8 rings (SSSR count). The van der Waals surface area contributed by atoms with Crippen LogP contribution in [0.5, 0.6) is 6.01 Å². The fourth-order valence-corrected chi connectivity index (χ4v) is 8.99. The first-order chi connectivity index (χ1) is 25.2. The van der Waals surface area contributed by atoms with Gasteiger partial charge in [-0.2, -0.15) is 20.3 Å². The minimum Gasteiger partial charge on any atom is -0.461 e. The maximum atomic E-state index is 17.2. The Bertz CT molecular complexity index is 2170. The predicted molar refractivity (Wildman–Crippen MR) is 185 cm³/mol. The number of nitrogens with zero attached hydrogens (tertiary/aromatic N) is 7. The number of piperazine rings is 1. The fourth-order valence-electron chi connectivity index (χ4n) is 8.99. The van der Waals surface area contributed by atoms with Gasteiger partial charge in [0, 0.05) is 48.0 Å². The summed E-state index contributed by atoms with van der Waals surface area (Å²) in [5, 5.41) is 16.1. The molecule has 280 valence electrons. The van der Waals surface area contributed by atoms with Crippen LogP contribution < -0.4 is 9.64 Å². The predicted octanol–water partition coefficient (Wildman–Crippen LogP) is 7.11. The zero-order valence-corrected chi connectivity index (χ0v) is 29.8. The Kier molecular flexibility index (Phi) is 8.43. The smallest absolute Gasteiger partial charge is 0.410 e. The van der Waals surface area contributed by atoms with Crippen molar-refractivity contribution in [3.63, 3.8) is 0 Å². The number of rotatable bonds is 6. The molecule has 0 aliphatic carbocycles. The molecule has 0 saturated carbocycles. The van der Waals surface area contributed by atoms with Gasteiger partial charge in [-0.05, 0) is 77.6 Å². The average molecular weight is 739 g/mol. The molecule has 11 nitrogen and oxygen atoms in total. The number of fused-ring (bicyclic) bond motifs is 5. The third kappa shape index (κ3) is 5.87. The molecule has 0 spiro atoms. The minimum atomic E-state index is -3.15. The lowest BCUT2D eigenvalue weighted by Gasteiger charge is -2.42. The lowest BCUT2D eigenvalue weighted by molar-refractivity contribution is 0.0122. The van der Waals surface area contributed by atoms with Gasteiger partial charge < -0.3 is 14.4 Å². The van der Waals surface area contributed by atoms with Crippen molar-refractivity contribution in [1.29, 1.82) is 5.26 Å². The molecule has 53 heavy (non-hydrogen) atoms. The molecular formula is C37H39F5N8O3. The molecule has 4 fully saturated rings. The van der Waals surface area contributed by atoms with Crippen LogP contribution in [0.1, 0.15) is 76.1 Å². The van der Waals surface area contributed by atoms with Crippen molar-refractivity contribution in [2.75, 3.05) is 37.7 Å². The largest absolute Gasteiger partial charge is 0.461 e. The van der Waals surface area contributed by atoms with Gasteiger partial charge in [-0.1, -0.05) is 0 Å². The summed E-state index contributed by atoms with van der Waals surface area (Å²) in [7, 11) is 0. The van der Waals surface area contributed by atoms with Crippen molar-refractivity contribution in [3.8, 4) is 23.2 Å². The number of carbonyl (C=O) groups is 1. The highest BCUT2D eigenvalue weighted by atomic mass is 19.3. The van der Waals surface area contributed by atoms with Gasteiger partial charge in [0.25, 0.3) is 6.43 Å². The molecule has 2 aromatic carbocycles. The van der Waals surface area contributed by atoms with Crippen molar-refractivity contribution in [2.45, 2.75) is 95.6 Å². The second kappa shape index (κ2) is 12.7. The van der Waals surface area contributed by atoms with E-state index in [9.17, 15) is 23.2 Å². The Morgan fingerprint density at radius 3 is 2.55 bits per heavy atom. The molecule has 4 aliphatic rings. The SMILES string of the molecule is Cc1cc2[nH]nc(C#N)c2c(-c2c(F)cc3c(N4C[C@H]5CC[C@@H](C4)N5C(=O)OC(C)(C)C)nc(OC[C@@]45CCCN4C[C@H](F)C5)nc3c2F)c1C(F)F. The summed E-state index contributed by atoms with van der Waals surface area (Å²) in [5.74, 6) is -2.26. The number of anilines is 1. The topological polar surface area (TPSA) is 124 Å². The lowest BCUT2D eigenvalue weighted by atomic mass is 9.90. The first-order valence-corrected chi connectivity index (χ1v) is 17.9. The second-order valence-corrected chi connectivity index (χ2v) is 15.7. The highest BCUT2D eigenvalue weighted by molar-refractivity contribution is 6.03. The number of alkyl halides is 3. The number of aryl methyl sites for hydroxylation is 1. The van der Waals surface area contributed by atoms with E-state index in [1.807, 2.05) is 15.9 Å². The molecule has 1 amide bonds. The van der Waals surface area contributed by atoms with Crippen LogP contribution in [0.4, 0.5) is 32.6 Å². The number of halogens is 5. The number of hydrogen-bond acceptors (Lipinski definition) is 9. The third-order valence-corrected chi connectivity index (χ3v) is 11.1. The molecule has 0 radical (unpaired) electrons. The lowest BCUT2D eigenvalue weighted by Crippen LogP contribution is -2.57. The van der Waals surface area contributed by atoms with Crippen LogP contribution in [0.15, 0.2) is 12.1 Å². The number of aromatic nitrogens is 4. The van der Waals surface area contributed by atoms with Crippen LogP contribution in [-0.4, -0.2) is 98.2 Å². The Hall–Kier alpha value is -4.78. The van der Waals surface area contributed by atoms with Crippen LogP contribution in [0.25, 0.3) is 32.9 Å². The molecule has 4 saturated heterocycles. The van der Waals surface area contributed by atoms with E-state index in [1.54, 1.807) is 25.7 Å². The van der Waals surface area contributed by atoms with Crippen LogP contribution in [-0.2, 0) is 4.74 Å². The normalized spacial score (nSPS) is 24.4. The van der Waals surface area contributed by atoms with Crippen molar-refractivity contribution in [3.05, 3.63) is 40.6 Å². The molecule has 1 N–H and O–H groups in total. The fraction of sp³-hybridized carbons (Fsp3) is 0.541. The Balaban J connectivity index is 1.28. The summed E-state index contributed by atoms with van der Waals surface area (Å²) >= 11 is 0. The molecule has 4 atom stereocenters. The van der Waals surface area contributed by atoms with E-state index in [2.05, 4.69) is 20.2 Å². The summed E-state index contributed by atoms with van der Waals surface area (Å²) in [6, 6.07) is 3.42. The summed E-state index contributed by atoms with van der Waals surface area (Å²) < 4.78 is 89.8. The number of hydrogen-bond donors (Lipinski definition) is 1. The maximum Gasteiger partial charge on any atom is 0.410 e. The highest BCUT2D eigenvalue weighted by Gasteiger charge is 2.50. The van der Waals surface area contributed by atoms with Gasteiger partial charge in [-0.25, -0.2) is 26.7 Å². The first kappa shape index (κ1) is 35.3. The van der Waals surface area contributed by atoms with Crippen molar-refractivity contribution < 1.29 is 36.2 Å². The second-order valence-electron chi connectivity index (χ2n) is 15.7. The Morgan fingerprint density at radius 1 is 1.13 bits per heavy atom. The van der Waals surface area contributed by atoms with Crippen LogP contribution in [0.3, 0.4) is 0 Å². The van der Waals surface area contributed by atoms with Gasteiger partial charge in [-0.3, -0.25) is 14.9 Å². The molecule has 2 bridgehead atoms. The molecule has 4 aromatic rings. The first-order valence-electron chi connectivity index (χ1n) is 17.9. The molecular weight excluding hydrogens is 699 g/mol. The molecule has 0 unspecified atom stereocenters. The van der Waals surface area contributed by atoms with Gasteiger partial charge in [0.15, 0.2) is 11.5 Å². The van der Waals surface area contributed by atoms with E-state index in [-0.39, 0.29) is 89.6 Å². The van der Waals surface area contributed by atoms with Crippen molar-refractivity contribution in [1.82, 2.24) is 30.0 Å². The molecule has 16 heteroatoms. The van der Waals surface area contributed by atoms with Gasteiger partial charge >= 0.3 is 12.1 Å². The number of carbonyl (C=O) groups excluding carboxylic acids is 1. The van der Waals surface area contributed by atoms with Crippen LogP contribution in [0.2, 0.25) is 0 Å². The van der Waals surface area contributed by atoms with Crippen molar-refractivity contribution in [2.24, 2.45) is 0 Å². The summed E-state index contributed by atoms with van der Waals surface area (Å²) in [4.78, 5) is 27.9. The third-order valence-electron chi connectivity index (χ3n) is 11.1. The number of amides is 1. The monoisotopic (exact) mass is 738 g/mol. The van der Waals surface area contributed by atoms with Crippen LogP contribution >= 0.6 is 0 Å². The van der Waals surface area contributed by atoms with E-state index < -0.39 is 58.2 Å². The van der Waals surface area contributed by atoms with E-state index in [0.717, 1.165) is 12.5 Å². The number of nitriles is 1. The van der Waals surface area contributed by atoms with E-state index in [0.29, 0.717) is 25.8 Å². The van der Waals surface area contributed by atoms with E-state index in [4.69, 9.17) is 9.47 Å². The number of nitrogens with one attached hydrogen (secondary N) is 1. The quantitative estimate of drug-likeness (QED) is 0.206. The summed E-state index contributed by atoms with van der Waals surface area (Å²) in [6.45, 7) is 8.32. The number of ether oxygens (including phenoxy) is 2. The standard InChI is InChI=1S/C37H39F5N8O3/c1-18-10-24-28(25(13-43)47-46-24)29(26(18)32(41)42)27-23(39)11-22-31(30(27)40)44-34(52-17-37-8-5-9-49(37)14-19(38)12-37)45-33(22)48-15-20-6-7-21(16-48)50(20)35(51)53-36(2,3)4/h10-11,19-21,32H,5-9,12,14-17H2,1-4H3,(H,46,47)/t19-,20-,21+,37+/m1/s1. The molecule has 4 aliphatic heterocycles. The van der Waals surface area contributed by atoms with Gasteiger partial charge in [0.1, 0.15) is 41.6 Å². The van der Waals surface area contributed by atoms with E-state index >= 15 is 8.78 Å². The zero-order chi connectivity index (χ0) is 37.6. The molecule has 2 aromatic heterocycles. The van der Waals surface area contributed by atoms with E-state index in [1.165, 1.54) is 13.0 Å². The van der Waals surface area contributed by atoms with Gasteiger partial charge in [0.2, 0.25) is 0 Å². The Labute approximate surface area is 302 Å². The summed E-state index contributed by atoms with van der Waals surface area (Å²) in [6.07, 6.45) is -1.45. The number of H-pyrrole nitrogens is 1.